The molecule has 2 aromatic rings. The number of carbonyl (C=O) groups is 3. The molecule has 0 radical (unpaired) electrons. The zero-order valence-electron chi connectivity index (χ0n) is 13.7. The second-order valence-electron chi connectivity index (χ2n) is 5.33. The predicted octanol–water partition coefficient (Wildman–Crippen LogP) is 1.76. The van der Waals surface area contributed by atoms with Gasteiger partial charge in [0.1, 0.15) is 0 Å². The number of anilines is 1. The summed E-state index contributed by atoms with van der Waals surface area (Å²) in [6.45, 7) is 1.46. The van der Waals surface area contributed by atoms with Gasteiger partial charge >= 0.3 is 12.0 Å². The molecule has 4 N–H and O–H groups in total. The molecular weight excluding hydrogens is 322 g/mol. The van der Waals surface area contributed by atoms with E-state index in [0.717, 1.165) is 11.1 Å². The van der Waals surface area contributed by atoms with E-state index in [9.17, 15) is 14.4 Å². The minimum absolute atomic E-state index is 0.182. The van der Waals surface area contributed by atoms with Crippen LogP contribution < -0.4 is 16.4 Å². The number of benzene rings is 2. The number of rotatable bonds is 5. The maximum absolute atomic E-state index is 11.9. The molecule has 0 saturated carbocycles. The number of ether oxygens (including phenoxy) is 1. The van der Waals surface area contributed by atoms with Gasteiger partial charge in [-0.2, -0.15) is 0 Å². The summed E-state index contributed by atoms with van der Waals surface area (Å²) in [5.74, 6) is -1.45. The van der Waals surface area contributed by atoms with Gasteiger partial charge in [0.05, 0.1) is 5.56 Å². The second kappa shape index (κ2) is 8.49. The zero-order valence-corrected chi connectivity index (χ0v) is 13.7. The van der Waals surface area contributed by atoms with Crippen LogP contribution in [-0.2, 0) is 16.1 Å². The van der Waals surface area contributed by atoms with E-state index in [4.69, 9.17) is 10.5 Å². The Balaban J connectivity index is 1.77. The van der Waals surface area contributed by atoms with Crippen molar-refractivity contribution in [3.05, 3.63) is 65.2 Å². The number of hydrogen-bond donors (Lipinski definition) is 3. The first kappa shape index (κ1) is 18.0. The maximum atomic E-state index is 11.9. The molecule has 0 aliphatic carbocycles. The van der Waals surface area contributed by atoms with E-state index in [2.05, 4.69) is 10.6 Å². The van der Waals surface area contributed by atoms with Gasteiger partial charge in [-0.25, -0.2) is 9.59 Å². The molecule has 3 amide bonds. The van der Waals surface area contributed by atoms with Crippen LogP contribution in [0, 0.1) is 6.92 Å². The normalized spacial score (nSPS) is 9.96. The van der Waals surface area contributed by atoms with Crippen LogP contribution in [0.25, 0.3) is 0 Å². The van der Waals surface area contributed by atoms with Crippen molar-refractivity contribution in [2.24, 2.45) is 0 Å². The summed E-state index contributed by atoms with van der Waals surface area (Å²) < 4.78 is 4.88. The summed E-state index contributed by atoms with van der Waals surface area (Å²) >= 11 is 0. The number of urea groups is 1. The van der Waals surface area contributed by atoms with E-state index >= 15 is 0 Å². The van der Waals surface area contributed by atoms with E-state index in [1.54, 1.807) is 19.1 Å². The lowest BCUT2D eigenvalue weighted by Gasteiger charge is -2.09. The summed E-state index contributed by atoms with van der Waals surface area (Å²) in [6.07, 6.45) is 0. The summed E-state index contributed by atoms with van der Waals surface area (Å²) in [6, 6.07) is 13.5. The van der Waals surface area contributed by atoms with Gasteiger partial charge in [-0.1, -0.05) is 42.5 Å². The molecule has 0 aromatic heterocycles. The minimum atomic E-state index is -0.731. The van der Waals surface area contributed by atoms with Crippen molar-refractivity contribution < 1.29 is 19.1 Å². The van der Waals surface area contributed by atoms with Crippen molar-refractivity contribution in [2.45, 2.75) is 13.5 Å². The number of imide groups is 1. The van der Waals surface area contributed by atoms with Gasteiger partial charge in [0.2, 0.25) is 0 Å². The van der Waals surface area contributed by atoms with E-state index < -0.39 is 24.5 Å². The SMILES string of the molecule is Cc1cccc(C(=O)OCC(=O)NC(=O)NCc2ccccc2)c1N. The number of nitrogens with one attached hydrogen (secondary N) is 2. The van der Waals surface area contributed by atoms with Gasteiger partial charge in [-0.15, -0.1) is 0 Å². The van der Waals surface area contributed by atoms with Crippen molar-refractivity contribution in [2.75, 3.05) is 12.3 Å². The fourth-order valence-corrected chi connectivity index (χ4v) is 2.05. The smallest absolute Gasteiger partial charge is 0.340 e. The molecule has 25 heavy (non-hydrogen) atoms. The lowest BCUT2D eigenvalue weighted by atomic mass is 10.1. The molecule has 130 valence electrons. The Bertz CT molecular complexity index is 775. The fourth-order valence-electron chi connectivity index (χ4n) is 2.05. The third kappa shape index (κ3) is 5.35. The number of esters is 1. The van der Waals surface area contributed by atoms with Gasteiger partial charge in [-0.3, -0.25) is 10.1 Å². The van der Waals surface area contributed by atoms with Crippen LogP contribution in [0.3, 0.4) is 0 Å². The maximum Gasteiger partial charge on any atom is 0.340 e. The largest absolute Gasteiger partial charge is 0.452 e. The van der Waals surface area contributed by atoms with E-state index in [0.29, 0.717) is 5.69 Å². The Morgan fingerprint density at radius 2 is 1.76 bits per heavy atom. The van der Waals surface area contributed by atoms with Crippen molar-refractivity contribution >= 4 is 23.6 Å². The molecule has 7 heteroatoms. The Morgan fingerprint density at radius 3 is 2.48 bits per heavy atom. The number of para-hydroxylation sites is 1. The Hall–Kier alpha value is -3.35. The molecule has 0 heterocycles. The molecule has 0 aliphatic heterocycles. The monoisotopic (exact) mass is 341 g/mol. The Morgan fingerprint density at radius 1 is 1.04 bits per heavy atom. The first-order chi connectivity index (χ1) is 12.0. The summed E-state index contributed by atoms with van der Waals surface area (Å²) in [7, 11) is 0. The quantitative estimate of drug-likeness (QED) is 0.567. The van der Waals surface area contributed by atoms with Gasteiger partial charge in [0.15, 0.2) is 6.61 Å². The lowest BCUT2D eigenvalue weighted by Crippen LogP contribution is -2.41. The molecule has 0 aliphatic rings. The Labute approximate surface area is 145 Å². The average molecular weight is 341 g/mol. The lowest BCUT2D eigenvalue weighted by molar-refractivity contribution is -0.123. The summed E-state index contributed by atoms with van der Waals surface area (Å²) in [5.41, 5.74) is 7.91. The van der Waals surface area contributed by atoms with Gasteiger partial charge < -0.3 is 15.8 Å². The van der Waals surface area contributed by atoms with Crippen LogP contribution in [0.15, 0.2) is 48.5 Å². The van der Waals surface area contributed by atoms with E-state index in [1.165, 1.54) is 6.07 Å². The predicted molar refractivity (Wildman–Crippen MR) is 92.7 cm³/mol. The number of nitrogens with two attached hydrogens (primary N) is 1. The number of hydrogen-bond acceptors (Lipinski definition) is 5. The molecular formula is C18H19N3O4. The Kier molecular flexibility index (Phi) is 6.11. The standard InChI is InChI=1S/C18H19N3O4/c1-12-6-5-9-14(16(12)19)17(23)25-11-15(22)21-18(24)20-10-13-7-3-2-4-8-13/h2-9H,10-11,19H2,1H3,(H2,20,21,22,24). The summed E-state index contributed by atoms with van der Waals surface area (Å²) in [4.78, 5) is 35.2. The van der Waals surface area contributed by atoms with Crippen LogP contribution in [0.5, 0.6) is 0 Å². The fraction of sp³-hybridized carbons (Fsp3) is 0.167. The molecule has 0 spiro atoms. The third-order valence-corrected chi connectivity index (χ3v) is 3.43. The first-order valence-electron chi connectivity index (χ1n) is 7.61. The topological polar surface area (TPSA) is 111 Å². The average Bonchev–Trinajstić information content (AvgIpc) is 2.61. The zero-order chi connectivity index (χ0) is 18.2. The highest BCUT2D eigenvalue weighted by molar-refractivity contribution is 5.99. The van der Waals surface area contributed by atoms with Crippen molar-refractivity contribution in [1.82, 2.24) is 10.6 Å². The highest BCUT2D eigenvalue weighted by Gasteiger charge is 2.15. The first-order valence-corrected chi connectivity index (χ1v) is 7.61. The number of carbonyl (C=O) groups excluding carboxylic acids is 3. The van der Waals surface area contributed by atoms with Crippen molar-refractivity contribution in [1.29, 1.82) is 0 Å². The van der Waals surface area contributed by atoms with E-state index in [1.807, 2.05) is 30.3 Å². The molecule has 0 fully saturated rings. The van der Waals surface area contributed by atoms with Gasteiger partial charge in [0, 0.05) is 12.2 Å². The van der Waals surface area contributed by atoms with E-state index in [-0.39, 0.29) is 12.1 Å². The highest BCUT2D eigenvalue weighted by atomic mass is 16.5. The van der Waals surface area contributed by atoms with Crippen LogP contribution in [0.4, 0.5) is 10.5 Å². The molecule has 0 unspecified atom stereocenters. The van der Waals surface area contributed by atoms with Crippen LogP contribution in [0.2, 0.25) is 0 Å². The molecule has 0 bridgehead atoms. The number of amides is 3. The molecule has 2 rings (SSSR count). The molecule has 0 saturated heterocycles. The second-order valence-corrected chi connectivity index (χ2v) is 5.33. The summed E-state index contributed by atoms with van der Waals surface area (Å²) in [5, 5.41) is 4.62. The highest BCUT2D eigenvalue weighted by Crippen LogP contribution is 2.17. The number of aryl methyl sites for hydroxylation is 1. The number of nitrogen functional groups attached to an aromatic ring is 1. The van der Waals surface area contributed by atoms with Crippen LogP contribution in [-0.4, -0.2) is 24.5 Å². The molecule has 7 nitrogen and oxygen atoms in total. The van der Waals surface area contributed by atoms with Crippen LogP contribution in [0.1, 0.15) is 21.5 Å². The molecule has 0 atom stereocenters. The molecule has 2 aromatic carbocycles. The van der Waals surface area contributed by atoms with Gasteiger partial charge in [0.25, 0.3) is 5.91 Å². The van der Waals surface area contributed by atoms with Crippen molar-refractivity contribution in [3.63, 3.8) is 0 Å². The third-order valence-electron chi connectivity index (χ3n) is 3.43. The minimum Gasteiger partial charge on any atom is -0.452 e. The van der Waals surface area contributed by atoms with Crippen LogP contribution >= 0.6 is 0 Å². The van der Waals surface area contributed by atoms with Crippen molar-refractivity contribution in [3.8, 4) is 0 Å². The van der Waals surface area contributed by atoms with Gasteiger partial charge in [-0.05, 0) is 24.1 Å².